The highest BCUT2D eigenvalue weighted by Crippen LogP contribution is 2.47. The van der Waals surface area contributed by atoms with Gasteiger partial charge in [-0.1, -0.05) is 51.9 Å². The Kier molecular flexibility index (Phi) is 15.8. The van der Waals surface area contributed by atoms with Gasteiger partial charge in [0.1, 0.15) is 23.7 Å². The van der Waals surface area contributed by atoms with Crippen LogP contribution in [0.25, 0.3) is 0 Å². The van der Waals surface area contributed by atoms with Crippen LogP contribution in [0.3, 0.4) is 0 Å². The summed E-state index contributed by atoms with van der Waals surface area (Å²) in [5, 5.41) is 2.67. The number of nitrogens with one attached hydrogen (secondary N) is 1. The van der Waals surface area contributed by atoms with Crippen molar-refractivity contribution in [3.8, 4) is 11.5 Å². The minimum absolute atomic E-state index is 0.0468. The summed E-state index contributed by atoms with van der Waals surface area (Å²) in [6.07, 6.45) is 9.41. The van der Waals surface area contributed by atoms with E-state index < -0.39 is 25.6 Å². The highest BCUT2D eigenvalue weighted by atomic mass is 31.2. The molecule has 10 heteroatoms. The fourth-order valence-corrected chi connectivity index (χ4v) is 3.94. The average Bonchev–Trinajstić information content (AvgIpc) is 2.84. The summed E-state index contributed by atoms with van der Waals surface area (Å²) in [6.45, 7) is 8.08. The molecule has 1 aromatic carbocycles. The molecule has 0 aliphatic heterocycles. The van der Waals surface area contributed by atoms with E-state index in [2.05, 4.69) is 12.2 Å². The molecule has 0 aliphatic rings. The number of amides is 1. The van der Waals surface area contributed by atoms with Crippen LogP contribution in [0.1, 0.15) is 79.1 Å². The molecule has 0 bridgehead atoms. The summed E-state index contributed by atoms with van der Waals surface area (Å²) >= 11 is 0. The lowest BCUT2D eigenvalue weighted by Gasteiger charge is -2.24. The third-order valence-electron chi connectivity index (χ3n) is 5.14. The number of hydrogen-bond donors (Lipinski definition) is 1. The van der Waals surface area contributed by atoms with Gasteiger partial charge in [-0.25, -0.2) is 9.36 Å². The Morgan fingerprint density at radius 1 is 0.861 bits per heavy atom. The highest BCUT2D eigenvalue weighted by Gasteiger charge is 2.27. The maximum Gasteiger partial charge on any atom is 0.474 e. The molecule has 1 rings (SSSR count). The number of ether oxygens (including phenoxy) is 3. The molecule has 0 unspecified atom stereocenters. The molecular formula is C26H46NO8P. The van der Waals surface area contributed by atoms with Crippen LogP contribution in [0.4, 0.5) is 4.79 Å². The van der Waals surface area contributed by atoms with Crippen molar-refractivity contribution in [2.45, 2.75) is 90.7 Å². The zero-order valence-corrected chi connectivity index (χ0v) is 23.8. The van der Waals surface area contributed by atoms with Gasteiger partial charge in [-0.3, -0.25) is 13.6 Å². The van der Waals surface area contributed by atoms with E-state index in [-0.39, 0.29) is 13.2 Å². The molecule has 36 heavy (non-hydrogen) atoms. The van der Waals surface area contributed by atoms with Crippen LogP contribution in [0.2, 0.25) is 0 Å². The summed E-state index contributed by atoms with van der Waals surface area (Å²) in [6, 6.07) is 6.61. The Hall–Kier alpha value is -1.80. The van der Waals surface area contributed by atoms with Gasteiger partial charge in [0, 0.05) is 14.2 Å². The third-order valence-corrected chi connectivity index (χ3v) is 6.50. The first-order valence-electron chi connectivity index (χ1n) is 12.8. The molecule has 1 N–H and O–H groups in total. The van der Waals surface area contributed by atoms with Gasteiger partial charge >= 0.3 is 13.9 Å². The number of benzene rings is 1. The fourth-order valence-electron chi connectivity index (χ4n) is 3.22. The van der Waals surface area contributed by atoms with Crippen molar-refractivity contribution in [1.29, 1.82) is 0 Å². The van der Waals surface area contributed by atoms with Crippen LogP contribution >= 0.6 is 7.82 Å². The molecule has 0 radical (unpaired) electrons. The lowest BCUT2D eigenvalue weighted by Crippen LogP contribution is -2.44. The molecule has 0 fully saturated rings. The minimum atomic E-state index is -3.71. The molecule has 0 saturated carbocycles. The van der Waals surface area contributed by atoms with Gasteiger partial charge in [-0.05, 0) is 51.5 Å². The molecule has 0 heterocycles. The largest absolute Gasteiger partial charge is 0.494 e. The molecule has 0 aromatic heterocycles. The predicted octanol–water partition coefficient (Wildman–Crippen LogP) is 6.90. The summed E-state index contributed by atoms with van der Waals surface area (Å²) in [5.41, 5.74) is -0.671. The van der Waals surface area contributed by atoms with Gasteiger partial charge in [0.25, 0.3) is 0 Å². The second kappa shape index (κ2) is 17.6. The molecule has 0 saturated heterocycles. The van der Waals surface area contributed by atoms with Crippen molar-refractivity contribution in [2.24, 2.45) is 0 Å². The van der Waals surface area contributed by atoms with E-state index in [0.29, 0.717) is 12.4 Å². The van der Waals surface area contributed by atoms with Crippen LogP contribution in [0.5, 0.6) is 11.5 Å². The summed E-state index contributed by atoms with van der Waals surface area (Å²) in [5.74, 6) is 1.37. The van der Waals surface area contributed by atoms with Crippen molar-refractivity contribution < 1.29 is 37.1 Å². The van der Waals surface area contributed by atoms with E-state index in [0.717, 1.165) is 12.2 Å². The normalized spacial score (nSPS) is 12.7. The molecule has 0 spiro atoms. The number of phosphoric acid groups is 1. The first-order chi connectivity index (χ1) is 17.1. The van der Waals surface area contributed by atoms with Crippen molar-refractivity contribution in [2.75, 3.05) is 34.0 Å². The Morgan fingerprint density at radius 2 is 1.39 bits per heavy atom. The van der Waals surface area contributed by atoms with Crippen LogP contribution in [-0.2, 0) is 22.9 Å². The van der Waals surface area contributed by atoms with Crippen LogP contribution in [0, 0.1) is 0 Å². The molecular weight excluding hydrogens is 485 g/mol. The van der Waals surface area contributed by atoms with Crippen LogP contribution < -0.4 is 14.8 Å². The van der Waals surface area contributed by atoms with Gasteiger partial charge < -0.3 is 19.5 Å². The molecule has 9 nitrogen and oxygen atoms in total. The van der Waals surface area contributed by atoms with Crippen molar-refractivity contribution in [1.82, 2.24) is 5.32 Å². The number of unbranched alkanes of at least 4 members (excludes halogenated alkanes) is 7. The van der Waals surface area contributed by atoms with Crippen molar-refractivity contribution in [3.05, 3.63) is 24.3 Å². The van der Waals surface area contributed by atoms with Gasteiger partial charge in [0.15, 0.2) is 0 Å². The zero-order chi connectivity index (χ0) is 26.9. The first kappa shape index (κ1) is 32.2. The summed E-state index contributed by atoms with van der Waals surface area (Å²) in [7, 11) is -1.28. The minimum Gasteiger partial charge on any atom is -0.494 e. The summed E-state index contributed by atoms with van der Waals surface area (Å²) < 4.78 is 44.0. The lowest BCUT2D eigenvalue weighted by molar-refractivity contribution is 0.0447. The molecule has 1 atom stereocenters. The van der Waals surface area contributed by atoms with Gasteiger partial charge in [-0.15, -0.1) is 0 Å². The van der Waals surface area contributed by atoms with E-state index in [9.17, 15) is 9.36 Å². The first-order valence-corrected chi connectivity index (χ1v) is 14.3. The Morgan fingerprint density at radius 3 is 1.92 bits per heavy atom. The molecule has 1 aromatic rings. The maximum atomic E-state index is 12.2. The second-order valence-electron chi connectivity index (χ2n) is 9.56. The van der Waals surface area contributed by atoms with Crippen molar-refractivity contribution >= 4 is 13.9 Å². The quantitative estimate of drug-likeness (QED) is 0.152. The Labute approximate surface area is 217 Å². The zero-order valence-electron chi connectivity index (χ0n) is 22.9. The van der Waals surface area contributed by atoms with Crippen LogP contribution in [0.15, 0.2) is 24.3 Å². The topological polar surface area (TPSA) is 102 Å². The predicted molar refractivity (Wildman–Crippen MR) is 141 cm³/mol. The summed E-state index contributed by atoms with van der Waals surface area (Å²) in [4.78, 5) is 12.2. The van der Waals surface area contributed by atoms with E-state index in [1.807, 2.05) is 12.1 Å². The van der Waals surface area contributed by atoms with E-state index in [1.165, 1.54) is 59.2 Å². The van der Waals surface area contributed by atoms with Gasteiger partial charge in [-0.2, -0.15) is 0 Å². The van der Waals surface area contributed by atoms with Gasteiger partial charge in [0.2, 0.25) is 0 Å². The molecule has 0 aliphatic carbocycles. The SMILES string of the molecule is CCCCCCCCCCOc1ccc(OC[C@H](COP(=O)(OC)OC)NC(=O)OC(C)(C)C)cc1. The number of phosphoric ester groups is 1. The van der Waals surface area contributed by atoms with Gasteiger partial charge in [0.05, 0.1) is 19.3 Å². The smallest absolute Gasteiger partial charge is 0.474 e. The lowest BCUT2D eigenvalue weighted by atomic mass is 10.1. The number of hydrogen-bond acceptors (Lipinski definition) is 8. The Bertz CT molecular complexity index is 758. The Balaban J connectivity index is 2.48. The monoisotopic (exact) mass is 531 g/mol. The number of alkyl carbamates (subject to hydrolysis) is 1. The second-order valence-corrected chi connectivity index (χ2v) is 11.4. The number of carbonyl (C=O) groups excluding carboxylic acids is 1. The maximum absolute atomic E-state index is 12.2. The van der Waals surface area contributed by atoms with E-state index in [4.69, 9.17) is 27.8 Å². The van der Waals surface area contributed by atoms with E-state index in [1.54, 1.807) is 32.9 Å². The molecule has 208 valence electrons. The fraction of sp³-hybridized carbons (Fsp3) is 0.731. The highest BCUT2D eigenvalue weighted by molar-refractivity contribution is 7.48. The van der Waals surface area contributed by atoms with E-state index >= 15 is 0 Å². The molecule has 1 amide bonds. The average molecular weight is 532 g/mol. The number of rotatable bonds is 19. The van der Waals surface area contributed by atoms with Crippen molar-refractivity contribution in [3.63, 3.8) is 0 Å². The third kappa shape index (κ3) is 15.3. The van der Waals surface area contributed by atoms with Crippen LogP contribution in [-0.4, -0.2) is 51.8 Å². The number of carbonyl (C=O) groups is 1. The standard InChI is InChI=1S/C26H46NO8P/c1-7-8-9-10-11-12-13-14-19-32-23-15-17-24(18-16-23)33-20-22(21-34-36(29,30-5)31-6)27-25(28)35-26(2,3)4/h15-18,22H,7-14,19-21H2,1-6H3,(H,27,28)/t22-/m1/s1.